The molecule has 0 aromatic heterocycles. The molecule has 2 amide bonds. The molecule has 2 aromatic carbocycles. The molecule has 0 saturated carbocycles. The van der Waals surface area contributed by atoms with Gasteiger partial charge in [-0.05, 0) is 43.5 Å². The number of oxime groups is 1. The predicted molar refractivity (Wildman–Crippen MR) is 113 cm³/mol. The van der Waals surface area contributed by atoms with Crippen LogP contribution in [0.2, 0.25) is 5.02 Å². The lowest BCUT2D eigenvalue weighted by Gasteiger charge is -2.29. The van der Waals surface area contributed by atoms with Crippen LogP contribution in [0.5, 0.6) is 0 Å². The summed E-state index contributed by atoms with van der Waals surface area (Å²) in [4.78, 5) is 32.8. The number of hydrogen-bond donors (Lipinski definition) is 0. The Bertz CT molecular complexity index is 988. The molecule has 0 N–H and O–H groups in total. The first-order valence-corrected chi connectivity index (χ1v) is 10.3. The van der Waals surface area contributed by atoms with E-state index in [1.54, 1.807) is 12.1 Å². The van der Waals surface area contributed by atoms with Crippen molar-refractivity contribution in [2.75, 3.05) is 0 Å². The van der Waals surface area contributed by atoms with Gasteiger partial charge in [-0.1, -0.05) is 66.1 Å². The standard InChI is InChI=1S/C23H23ClN2O4/c1-14-19(16-9-11-17(24)12-10-16)25-30-20(14)21(27)26-18(23(2,3)29-22(26)28)13-15-7-5-4-6-8-15/h4-12,14,18,20H,13H2,1-3H3/t14-,18-,20-/m0/s1. The lowest BCUT2D eigenvalue weighted by molar-refractivity contribution is -0.142. The van der Waals surface area contributed by atoms with Crippen molar-refractivity contribution in [3.63, 3.8) is 0 Å². The number of carbonyl (C=O) groups excluding carboxylic acids is 2. The highest BCUT2D eigenvalue weighted by Gasteiger charge is 2.54. The van der Waals surface area contributed by atoms with Crippen LogP contribution in [-0.2, 0) is 20.8 Å². The van der Waals surface area contributed by atoms with Gasteiger partial charge >= 0.3 is 6.09 Å². The highest BCUT2D eigenvalue weighted by atomic mass is 35.5. The van der Waals surface area contributed by atoms with E-state index >= 15 is 0 Å². The summed E-state index contributed by atoms with van der Waals surface area (Å²) in [6, 6.07) is 16.5. The predicted octanol–water partition coefficient (Wildman–Crippen LogP) is 4.45. The van der Waals surface area contributed by atoms with Crippen LogP contribution in [0.4, 0.5) is 4.79 Å². The van der Waals surface area contributed by atoms with Crippen LogP contribution < -0.4 is 0 Å². The average Bonchev–Trinajstić information content (AvgIpc) is 3.19. The Morgan fingerprint density at radius 2 is 1.80 bits per heavy atom. The minimum atomic E-state index is -0.893. The second-order valence-electron chi connectivity index (χ2n) is 8.18. The lowest BCUT2D eigenvalue weighted by Crippen LogP contribution is -2.51. The number of amides is 2. The number of benzene rings is 2. The van der Waals surface area contributed by atoms with Gasteiger partial charge in [0.25, 0.3) is 5.91 Å². The second-order valence-corrected chi connectivity index (χ2v) is 8.62. The van der Waals surface area contributed by atoms with Gasteiger partial charge in [0, 0.05) is 5.02 Å². The molecule has 7 heteroatoms. The van der Waals surface area contributed by atoms with Gasteiger partial charge in [-0.2, -0.15) is 0 Å². The fraction of sp³-hybridized carbons (Fsp3) is 0.348. The highest BCUT2D eigenvalue weighted by molar-refractivity contribution is 6.30. The molecule has 0 radical (unpaired) electrons. The number of ether oxygens (including phenoxy) is 1. The Balaban J connectivity index is 1.56. The molecule has 6 nitrogen and oxygen atoms in total. The van der Waals surface area contributed by atoms with Crippen molar-refractivity contribution in [3.05, 3.63) is 70.7 Å². The number of carbonyl (C=O) groups is 2. The zero-order valence-electron chi connectivity index (χ0n) is 17.0. The van der Waals surface area contributed by atoms with E-state index in [1.165, 1.54) is 4.90 Å². The zero-order chi connectivity index (χ0) is 21.5. The van der Waals surface area contributed by atoms with E-state index in [0.29, 0.717) is 17.2 Å². The number of hydrogen-bond acceptors (Lipinski definition) is 5. The minimum Gasteiger partial charge on any atom is -0.441 e. The molecule has 2 aliphatic heterocycles. The molecule has 2 heterocycles. The second kappa shape index (κ2) is 7.76. The first-order chi connectivity index (χ1) is 14.3. The van der Waals surface area contributed by atoms with Gasteiger partial charge < -0.3 is 9.57 Å². The molecule has 1 saturated heterocycles. The molecular weight excluding hydrogens is 404 g/mol. The number of cyclic esters (lactones) is 1. The van der Waals surface area contributed by atoms with Crippen molar-refractivity contribution in [2.24, 2.45) is 11.1 Å². The number of nitrogens with zero attached hydrogens (tertiary/aromatic N) is 2. The van der Waals surface area contributed by atoms with E-state index in [1.807, 2.05) is 63.2 Å². The van der Waals surface area contributed by atoms with Gasteiger partial charge in [0.1, 0.15) is 5.60 Å². The summed E-state index contributed by atoms with van der Waals surface area (Å²) < 4.78 is 5.55. The molecule has 0 aliphatic carbocycles. The van der Waals surface area contributed by atoms with Gasteiger partial charge in [0.05, 0.1) is 17.7 Å². The van der Waals surface area contributed by atoms with Gasteiger partial charge in [-0.25, -0.2) is 9.69 Å². The van der Waals surface area contributed by atoms with Crippen LogP contribution >= 0.6 is 11.6 Å². The van der Waals surface area contributed by atoms with E-state index in [2.05, 4.69) is 5.16 Å². The van der Waals surface area contributed by atoms with E-state index in [0.717, 1.165) is 11.1 Å². The molecule has 0 unspecified atom stereocenters. The maximum atomic E-state index is 13.4. The molecule has 0 bridgehead atoms. The van der Waals surface area contributed by atoms with Gasteiger partial charge in [0.15, 0.2) is 0 Å². The summed E-state index contributed by atoms with van der Waals surface area (Å²) >= 11 is 5.96. The first kappa shape index (κ1) is 20.4. The molecule has 1 fully saturated rings. The van der Waals surface area contributed by atoms with Crippen molar-refractivity contribution in [1.82, 2.24) is 4.90 Å². The maximum absolute atomic E-state index is 13.4. The molecule has 4 rings (SSSR count). The summed E-state index contributed by atoms with van der Waals surface area (Å²) in [6.45, 7) is 5.50. The molecule has 3 atom stereocenters. The number of rotatable bonds is 4. The number of halogens is 1. The van der Waals surface area contributed by atoms with E-state index in [9.17, 15) is 9.59 Å². The summed E-state index contributed by atoms with van der Waals surface area (Å²) in [6.07, 6.45) is -1.05. The van der Waals surface area contributed by atoms with Crippen molar-refractivity contribution in [1.29, 1.82) is 0 Å². The fourth-order valence-corrected chi connectivity index (χ4v) is 4.09. The molecule has 2 aliphatic rings. The third kappa shape index (κ3) is 3.67. The van der Waals surface area contributed by atoms with Crippen molar-refractivity contribution in [3.8, 4) is 0 Å². The van der Waals surface area contributed by atoms with Crippen molar-refractivity contribution < 1.29 is 19.2 Å². The molecule has 30 heavy (non-hydrogen) atoms. The quantitative estimate of drug-likeness (QED) is 0.724. The Morgan fingerprint density at radius 3 is 2.47 bits per heavy atom. The molecule has 2 aromatic rings. The molecule has 156 valence electrons. The largest absolute Gasteiger partial charge is 0.441 e. The van der Waals surface area contributed by atoms with Crippen LogP contribution in [0.1, 0.15) is 31.9 Å². The normalized spacial score (nSPS) is 24.9. The Labute approximate surface area is 180 Å². The third-order valence-electron chi connectivity index (χ3n) is 5.70. The smallest absolute Gasteiger partial charge is 0.417 e. The SMILES string of the molecule is C[C@H]1C(c2ccc(Cl)cc2)=NO[C@@H]1C(=O)N1C(=O)OC(C)(C)[C@@H]1Cc1ccccc1. The third-order valence-corrected chi connectivity index (χ3v) is 5.96. The molecule has 0 spiro atoms. The van der Waals surface area contributed by atoms with Crippen LogP contribution in [-0.4, -0.2) is 40.4 Å². The topological polar surface area (TPSA) is 68.2 Å². The van der Waals surface area contributed by atoms with Crippen molar-refractivity contribution >= 4 is 29.3 Å². The first-order valence-electron chi connectivity index (χ1n) is 9.87. The van der Waals surface area contributed by atoms with Crippen LogP contribution in [0.3, 0.4) is 0 Å². The summed E-state index contributed by atoms with van der Waals surface area (Å²) in [7, 11) is 0. The van der Waals surface area contributed by atoms with Crippen molar-refractivity contribution in [2.45, 2.75) is 44.9 Å². The fourth-order valence-electron chi connectivity index (χ4n) is 3.96. The Hall–Kier alpha value is -2.86. The van der Waals surface area contributed by atoms with Gasteiger partial charge in [0.2, 0.25) is 6.10 Å². The summed E-state index contributed by atoms with van der Waals surface area (Å²) in [5.74, 6) is -0.765. The van der Waals surface area contributed by atoms with Crippen LogP contribution in [0, 0.1) is 5.92 Å². The van der Waals surface area contributed by atoms with Crippen LogP contribution in [0.15, 0.2) is 59.8 Å². The maximum Gasteiger partial charge on any atom is 0.417 e. The van der Waals surface area contributed by atoms with E-state index in [-0.39, 0.29) is 5.92 Å². The Morgan fingerprint density at radius 1 is 1.13 bits per heavy atom. The highest BCUT2D eigenvalue weighted by Crippen LogP contribution is 2.35. The lowest BCUT2D eigenvalue weighted by atomic mass is 9.90. The Kier molecular flexibility index (Phi) is 5.28. The number of imide groups is 1. The molecular formula is C23H23ClN2O4. The van der Waals surface area contributed by atoms with Gasteiger partial charge in [-0.3, -0.25) is 4.79 Å². The summed E-state index contributed by atoms with van der Waals surface area (Å²) in [5, 5.41) is 4.75. The monoisotopic (exact) mass is 426 g/mol. The average molecular weight is 427 g/mol. The summed E-state index contributed by atoms with van der Waals surface area (Å²) in [5.41, 5.74) is 1.68. The van der Waals surface area contributed by atoms with Crippen LogP contribution in [0.25, 0.3) is 0 Å². The van der Waals surface area contributed by atoms with E-state index < -0.39 is 29.7 Å². The van der Waals surface area contributed by atoms with E-state index in [4.69, 9.17) is 21.2 Å². The zero-order valence-corrected chi connectivity index (χ0v) is 17.8. The minimum absolute atomic E-state index is 0.326. The van der Waals surface area contributed by atoms with Gasteiger partial charge in [-0.15, -0.1) is 0 Å².